The summed E-state index contributed by atoms with van der Waals surface area (Å²) in [5, 5.41) is 8.78. The molecule has 2 aromatic heterocycles. The topological polar surface area (TPSA) is 136 Å². The van der Waals surface area contributed by atoms with Gasteiger partial charge >= 0.3 is 5.97 Å². The van der Waals surface area contributed by atoms with Crippen LogP contribution in [0, 0.1) is 0 Å². The molecule has 0 radical (unpaired) electrons. The van der Waals surface area contributed by atoms with E-state index in [1.165, 1.54) is 0 Å². The number of anilines is 1. The average Bonchev–Trinajstić information content (AvgIpc) is 3.10. The van der Waals surface area contributed by atoms with Crippen molar-refractivity contribution < 1.29 is 17.9 Å². The lowest BCUT2D eigenvalue weighted by molar-refractivity contribution is -0.142. The van der Waals surface area contributed by atoms with Gasteiger partial charge in [0.15, 0.2) is 10.1 Å². The van der Waals surface area contributed by atoms with Crippen molar-refractivity contribution in [1.29, 1.82) is 0 Å². The van der Waals surface area contributed by atoms with Gasteiger partial charge in [0.2, 0.25) is 15.2 Å². The van der Waals surface area contributed by atoms with Crippen molar-refractivity contribution in [3.05, 3.63) is 11.5 Å². The van der Waals surface area contributed by atoms with Gasteiger partial charge in [0.25, 0.3) is 0 Å². The van der Waals surface area contributed by atoms with E-state index in [9.17, 15) is 13.2 Å². The summed E-state index contributed by atoms with van der Waals surface area (Å²) < 4.78 is 33.9. The molecule has 2 aromatic rings. The third-order valence-corrected chi connectivity index (χ3v) is 4.80. The third kappa shape index (κ3) is 6.10. The number of hydrogen-bond donors (Lipinski definition) is 1. The van der Waals surface area contributed by atoms with E-state index in [4.69, 9.17) is 4.74 Å². The minimum atomic E-state index is -3.50. The van der Waals surface area contributed by atoms with Crippen LogP contribution in [0.15, 0.2) is 10.2 Å². The van der Waals surface area contributed by atoms with Crippen molar-refractivity contribution in [2.24, 2.45) is 10.2 Å². The number of carbonyl (C=O) groups is 1. The summed E-state index contributed by atoms with van der Waals surface area (Å²) in [6.07, 6.45) is 1.55. The normalized spacial score (nSPS) is 11.8. The minimum absolute atomic E-state index is 0.0993. The lowest BCUT2D eigenvalue weighted by Crippen LogP contribution is -2.10. The Kier molecular flexibility index (Phi) is 6.50. The third-order valence-electron chi connectivity index (χ3n) is 2.57. The first-order valence-electron chi connectivity index (χ1n) is 7.18. The molecule has 0 atom stereocenters. The van der Waals surface area contributed by atoms with Crippen LogP contribution < -0.4 is 4.72 Å². The molecule has 0 aliphatic rings. The summed E-state index contributed by atoms with van der Waals surface area (Å²) in [5.74, 6) is 0.175. The molecule has 0 aliphatic heterocycles. The molecular formula is C12H16N6O4S3. The fraction of sp³-hybridized carbons (Fsp3) is 0.500. The molecule has 0 unspecified atom stereocenters. The predicted octanol–water partition coefficient (Wildman–Crippen LogP) is 2.45. The number of rotatable bonds is 8. The molecule has 0 spiro atoms. The first-order valence-corrected chi connectivity index (χ1v) is 10.7. The number of ether oxygens (including phenoxy) is 1. The number of aromatic nitrogens is 3. The van der Waals surface area contributed by atoms with Gasteiger partial charge in [0.05, 0.1) is 25.0 Å². The molecule has 136 valence electrons. The van der Waals surface area contributed by atoms with Crippen LogP contribution in [0.25, 0.3) is 0 Å². The fourth-order valence-corrected chi connectivity index (χ4v) is 3.83. The van der Waals surface area contributed by atoms with Crippen LogP contribution in [0.1, 0.15) is 25.4 Å². The highest BCUT2D eigenvalue weighted by Gasteiger charge is 2.17. The van der Waals surface area contributed by atoms with E-state index in [-0.39, 0.29) is 23.9 Å². The molecule has 0 saturated carbocycles. The fourth-order valence-electron chi connectivity index (χ4n) is 1.61. The summed E-state index contributed by atoms with van der Waals surface area (Å²) in [5.41, 5.74) is 0.276. The van der Waals surface area contributed by atoms with E-state index in [0.717, 1.165) is 29.1 Å². The van der Waals surface area contributed by atoms with Crippen molar-refractivity contribution >= 4 is 54.1 Å². The Balaban J connectivity index is 2.27. The van der Waals surface area contributed by atoms with Crippen molar-refractivity contribution in [3.63, 3.8) is 0 Å². The van der Waals surface area contributed by atoms with Crippen molar-refractivity contribution in [2.75, 3.05) is 17.6 Å². The molecule has 2 rings (SSSR count). The second kappa shape index (κ2) is 8.40. The highest BCUT2D eigenvalue weighted by atomic mass is 32.2. The molecule has 0 aliphatic carbocycles. The van der Waals surface area contributed by atoms with Crippen molar-refractivity contribution in [3.8, 4) is 0 Å². The number of nitrogens with one attached hydrogen (secondary N) is 1. The second-order valence-corrected chi connectivity index (χ2v) is 8.13. The minimum Gasteiger partial charge on any atom is -0.466 e. The van der Waals surface area contributed by atoms with Gasteiger partial charge in [-0.3, -0.25) is 9.52 Å². The number of thiazole rings is 1. The average molecular weight is 404 g/mol. The number of azo groups is 1. The smallest absolute Gasteiger partial charge is 0.311 e. The van der Waals surface area contributed by atoms with Crippen LogP contribution in [0.2, 0.25) is 0 Å². The lowest BCUT2D eigenvalue weighted by atomic mass is 10.3. The van der Waals surface area contributed by atoms with Gasteiger partial charge in [-0.2, -0.15) is 4.37 Å². The second-order valence-electron chi connectivity index (χ2n) is 4.67. The van der Waals surface area contributed by atoms with Gasteiger partial charge in [0, 0.05) is 18.0 Å². The van der Waals surface area contributed by atoms with Crippen LogP contribution in [0.4, 0.5) is 15.3 Å². The molecule has 2 heterocycles. The van der Waals surface area contributed by atoms with Crippen molar-refractivity contribution in [1.82, 2.24) is 14.3 Å². The molecule has 25 heavy (non-hydrogen) atoms. The molecule has 10 nitrogen and oxygen atoms in total. The summed E-state index contributed by atoms with van der Waals surface area (Å²) in [6.45, 7) is 3.85. The number of carbonyl (C=O) groups excluding carboxylic acids is 1. The largest absolute Gasteiger partial charge is 0.466 e. The van der Waals surface area contributed by atoms with Crippen LogP contribution >= 0.6 is 22.9 Å². The molecule has 1 N–H and O–H groups in total. The highest BCUT2D eigenvalue weighted by molar-refractivity contribution is 7.92. The van der Waals surface area contributed by atoms with E-state index in [1.54, 1.807) is 6.92 Å². The zero-order valence-corrected chi connectivity index (χ0v) is 16.2. The van der Waals surface area contributed by atoms with E-state index in [2.05, 4.69) is 29.3 Å². The Morgan fingerprint density at radius 2 is 2.04 bits per heavy atom. The van der Waals surface area contributed by atoms with E-state index in [1.807, 2.05) is 6.92 Å². The maximum atomic E-state index is 11.7. The van der Waals surface area contributed by atoms with Crippen molar-refractivity contribution in [2.45, 2.75) is 26.7 Å². The Bertz CT molecular complexity index is 873. The Labute approximate surface area is 152 Å². The molecular weight excluding hydrogens is 388 g/mol. The highest BCUT2D eigenvalue weighted by Crippen LogP contribution is 2.33. The Hall–Kier alpha value is -1.99. The number of hydrogen-bond acceptors (Lipinski definition) is 11. The first-order chi connectivity index (χ1) is 11.8. The van der Waals surface area contributed by atoms with Crippen LogP contribution in [-0.2, 0) is 32.4 Å². The number of sulfonamides is 1. The van der Waals surface area contributed by atoms with Crippen LogP contribution in [0.5, 0.6) is 0 Å². The molecule has 0 aromatic carbocycles. The zero-order chi connectivity index (χ0) is 18.4. The van der Waals surface area contributed by atoms with Gasteiger partial charge in [0.1, 0.15) is 5.82 Å². The lowest BCUT2D eigenvalue weighted by Gasteiger charge is -1.99. The zero-order valence-electron chi connectivity index (χ0n) is 13.7. The van der Waals surface area contributed by atoms with E-state index in [0.29, 0.717) is 22.4 Å². The molecule has 0 fully saturated rings. The van der Waals surface area contributed by atoms with Gasteiger partial charge in [-0.1, -0.05) is 18.3 Å². The maximum Gasteiger partial charge on any atom is 0.311 e. The van der Waals surface area contributed by atoms with E-state index < -0.39 is 16.0 Å². The number of aryl methyl sites for hydroxylation is 1. The summed E-state index contributed by atoms with van der Waals surface area (Å²) in [4.78, 5) is 19.9. The summed E-state index contributed by atoms with van der Waals surface area (Å²) >= 11 is 2.06. The number of esters is 1. The molecule has 0 saturated heterocycles. The molecule has 13 heteroatoms. The summed E-state index contributed by atoms with van der Waals surface area (Å²) in [7, 11) is -3.50. The summed E-state index contributed by atoms with van der Waals surface area (Å²) in [6, 6.07) is 0. The molecule has 0 bridgehead atoms. The quantitative estimate of drug-likeness (QED) is 0.527. The SMILES string of the molecule is CCOC(=O)Cc1nc(NS(C)(=O)=O)sc1N=Nc1nc(CC)ns1. The maximum absolute atomic E-state index is 11.7. The van der Waals surface area contributed by atoms with Gasteiger partial charge in [-0.25, -0.2) is 18.4 Å². The molecule has 0 amide bonds. The predicted molar refractivity (Wildman–Crippen MR) is 94.4 cm³/mol. The Morgan fingerprint density at radius 3 is 2.64 bits per heavy atom. The monoisotopic (exact) mass is 404 g/mol. The first kappa shape index (κ1) is 19.3. The van der Waals surface area contributed by atoms with Gasteiger partial charge in [-0.15, -0.1) is 10.2 Å². The number of nitrogens with zero attached hydrogens (tertiary/aromatic N) is 5. The van der Waals surface area contributed by atoms with E-state index >= 15 is 0 Å². The standard InChI is InChI=1S/C12H16N6O4S3/c1-4-8-14-11(24-17-8)16-15-10-7(6-9(19)22-5-2)13-12(23-10)18-25(3,20)21/h4-6H2,1-3H3,(H,13,18). The van der Waals surface area contributed by atoms with Crippen LogP contribution in [0.3, 0.4) is 0 Å². The Morgan fingerprint density at radius 1 is 1.28 bits per heavy atom. The van der Waals surface area contributed by atoms with Gasteiger partial charge < -0.3 is 4.74 Å². The van der Waals surface area contributed by atoms with Crippen LogP contribution in [-0.4, -0.2) is 41.6 Å². The van der Waals surface area contributed by atoms with Gasteiger partial charge in [-0.05, 0) is 6.92 Å².